The molecule has 0 aliphatic carbocycles. The number of nitrogens with zero attached hydrogens (tertiary/aromatic N) is 1. The topological polar surface area (TPSA) is 86.7 Å². The summed E-state index contributed by atoms with van der Waals surface area (Å²) in [4.78, 5) is 36.3. The molecule has 3 rings (SSSR count). The van der Waals surface area contributed by atoms with Crippen molar-refractivity contribution in [3.8, 4) is 0 Å². The highest BCUT2D eigenvalue weighted by atomic mass is 32.2. The normalized spacial score (nSPS) is 23.8. The molecule has 0 aromatic heterocycles. The molecule has 2 unspecified atom stereocenters. The number of fused-ring (bicyclic) bond motifs is 1. The molecule has 1 aromatic rings. The number of carboxylic acid groups (broad SMARTS) is 1. The highest BCUT2D eigenvalue weighted by Gasteiger charge is 2.38. The van der Waals surface area contributed by atoms with E-state index in [0.29, 0.717) is 12.3 Å². The van der Waals surface area contributed by atoms with E-state index in [9.17, 15) is 14.4 Å². The van der Waals surface area contributed by atoms with Gasteiger partial charge in [0, 0.05) is 23.9 Å². The first kappa shape index (κ1) is 13.9. The van der Waals surface area contributed by atoms with Crippen LogP contribution in [0.2, 0.25) is 0 Å². The number of carbonyl (C=O) groups excluding carboxylic acids is 2. The summed E-state index contributed by atoms with van der Waals surface area (Å²) < 4.78 is 0. The van der Waals surface area contributed by atoms with Crippen molar-refractivity contribution < 1.29 is 19.5 Å². The van der Waals surface area contributed by atoms with Crippen LogP contribution in [-0.4, -0.2) is 40.6 Å². The molecule has 2 aliphatic heterocycles. The van der Waals surface area contributed by atoms with Crippen LogP contribution >= 0.6 is 11.8 Å². The van der Waals surface area contributed by atoms with Crippen LogP contribution < -0.4 is 10.2 Å². The number of amides is 2. The van der Waals surface area contributed by atoms with E-state index in [-0.39, 0.29) is 23.5 Å². The van der Waals surface area contributed by atoms with E-state index in [1.54, 1.807) is 4.90 Å². The van der Waals surface area contributed by atoms with Crippen LogP contribution in [-0.2, 0) is 9.59 Å². The van der Waals surface area contributed by atoms with Crippen molar-refractivity contribution in [1.29, 1.82) is 0 Å². The number of benzene rings is 1. The summed E-state index contributed by atoms with van der Waals surface area (Å²) in [5.74, 6) is -0.838. The summed E-state index contributed by atoms with van der Waals surface area (Å²) in [5.41, 5.74) is 1.63. The minimum Gasteiger partial charge on any atom is -0.481 e. The third-order valence-corrected chi connectivity index (χ3v) is 4.61. The molecular weight excluding hydrogens is 292 g/mol. The van der Waals surface area contributed by atoms with Crippen LogP contribution in [0, 0.1) is 0 Å². The van der Waals surface area contributed by atoms with E-state index in [1.165, 1.54) is 0 Å². The lowest BCUT2D eigenvalue weighted by Crippen LogP contribution is -2.45. The lowest BCUT2D eigenvalue weighted by molar-refractivity contribution is -0.137. The molecule has 110 valence electrons. The zero-order valence-electron chi connectivity index (χ0n) is 11.1. The summed E-state index contributed by atoms with van der Waals surface area (Å²) in [6.45, 7) is 0.349. The Morgan fingerprint density at radius 3 is 2.81 bits per heavy atom. The minimum atomic E-state index is -0.881. The van der Waals surface area contributed by atoms with Crippen LogP contribution in [0.5, 0.6) is 0 Å². The molecule has 2 aliphatic rings. The lowest BCUT2D eigenvalue weighted by Gasteiger charge is -2.21. The summed E-state index contributed by atoms with van der Waals surface area (Å²) in [5, 5.41) is 11.4. The lowest BCUT2D eigenvalue weighted by atomic mass is 9.98. The van der Waals surface area contributed by atoms with Crippen LogP contribution in [0.15, 0.2) is 24.3 Å². The van der Waals surface area contributed by atoms with Crippen molar-refractivity contribution >= 4 is 34.6 Å². The number of anilines is 1. The Bertz CT molecular complexity index is 619. The van der Waals surface area contributed by atoms with Gasteiger partial charge in [-0.1, -0.05) is 30.0 Å². The molecule has 7 heteroatoms. The number of hydrogen-bond acceptors (Lipinski definition) is 4. The van der Waals surface area contributed by atoms with Crippen LogP contribution in [0.1, 0.15) is 17.9 Å². The van der Waals surface area contributed by atoms with Crippen molar-refractivity contribution in [1.82, 2.24) is 5.32 Å². The van der Waals surface area contributed by atoms with Crippen molar-refractivity contribution in [3.05, 3.63) is 29.8 Å². The molecule has 21 heavy (non-hydrogen) atoms. The highest BCUT2D eigenvalue weighted by molar-refractivity contribution is 8.14. The van der Waals surface area contributed by atoms with Gasteiger partial charge in [0.05, 0.1) is 6.42 Å². The molecule has 1 fully saturated rings. The number of carbonyl (C=O) groups is 3. The standard InChI is InChI=1S/C14H14N2O4S/c17-12(18)5-8-6-16(11-4-2-1-3-9(8)11)13(19)10-7-21-14(20)15-10/h1-4,8,10H,5-7H2,(H,15,20)(H,17,18). The second-order valence-electron chi connectivity index (χ2n) is 5.10. The molecule has 2 amide bonds. The fraction of sp³-hybridized carbons (Fsp3) is 0.357. The number of hydrogen-bond donors (Lipinski definition) is 2. The first-order valence-electron chi connectivity index (χ1n) is 6.61. The maximum Gasteiger partial charge on any atom is 0.304 e. The second-order valence-corrected chi connectivity index (χ2v) is 6.09. The third-order valence-electron chi connectivity index (χ3n) is 3.73. The van der Waals surface area contributed by atoms with Gasteiger partial charge in [-0.15, -0.1) is 0 Å². The van der Waals surface area contributed by atoms with Gasteiger partial charge in [-0.25, -0.2) is 0 Å². The number of aliphatic carboxylic acids is 1. The maximum atomic E-state index is 12.5. The van der Waals surface area contributed by atoms with E-state index in [0.717, 1.165) is 23.0 Å². The van der Waals surface area contributed by atoms with Crippen molar-refractivity contribution in [3.63, 3.8) is 0 Å². The van der Waals surface area contributed by atoms with Gasteiger partial charge in [0.1, 0.15) is 6.04 Å². The summed E-state index contributed by atoms with van der Waals surface area (Å²) in [6.07, 6.45) is -0.00737. The molecule has 1 saturated heterocycles. The smallest absolute Gasteiger partial charge is 0.304 e. The molecule has 6 nitrogen and oxygen atoms in total. The molecule has 0 saturated carbocycles. The van der Waals surface area contributed by atoms with E-state index >= 15 is 0 Å². The van der Waals surface area contributed by atoms with E-state index in [1.807, 2.05) is 24.3 Å². The Balaban J connectivity index is 1.85. The summed E-state index contributed by atoms with van der Waals surface area (Å²) >= 11 is 1.09. The van der Waals surface area contributed by atoms with Gasteiger partial charge in [0.15, 0.2) is 0 Å². The number of nitrogens with one attached hydrogen (secondary N) is 1. The van der Waals surface area contributed by atoms with Gasteiger partial charge in [-0.05, 0) is 11.6 Å². The molecular formula is C14H14N2O4S. The minimum absolute atomic E-state index is 0.00737. The van der Waals surface area contributed by atoms with Gasteiger partial charge >= 0.3 is 5.97 Å². The fourth-order valence-electron chi connectivity index (χ4n) is 2.80. The Hall–Kier alpha value is -2.02. The number of thioether (sulfide) groups is 1. The molecule has 0 bridgehead atoms. The monoisotopic (exact) mass is 306 g/mol. The Kier molecular flexibility index (Phi) is 3.59. The van der Waals surface area contributed by atoms with Crippen LogP contribution in [0.25, 0.3) is 0 Å². The molecule has 2 heterocycles. The molecule has 1 aromatic carbocycles. The van der Waals surface area contributed by atoms with E-state index in [4.69, 9.17) is 5.11 Å². The predicted molar refractivity (Wildman–Crippen MR) is 78.6 cm³/mol. The van der Waals surface area contributed by atoms with Crippen LogP contribution in [0.3, 0.4) is 0 Å². The quantitative estimate of drug-likeness (QED) is 0.882. The molecule has 0 spiro atoms. The number of rotatable bonds is 3. The van der Waals surface area contributed by atoms with E-state index in [2.05, 4.69) is 5.32 Å². The molecule has 2 atom stereocenters. The average Bonchev–Trinajstić information content (AvgIpc) is 3.03. The van der Waals surface area contributed by atoms with Gasteiger partial charge in [0.2, 0.25) is 5.91 Å². The fourth-order valence-corrected chi connectivity index (χ4v) is 3.56. The number of para-hydroxylation sites is 1. The molecule has 0 radical (unpaired) electrons. The Labute approximate surface area is 125 Å². The predicted octanol–water partition coefficient (Wildman–Crippen LogP) is 1.42. The largest absolute Gasteiger partial charge is 0.481 e. The van der Waals surface area contributed by atoms with Gasteiger partial charge in [-0.3, -0.25) is 14.4 Å². The van der Waals surface area contributed by atoms with E-state index < -0.39 is 12.0 Å². The number of carboxylic acids is 1. The SMILES string of the molecule is O=C(O)CC1CN(C(=O)C2CSC(=O)N2)c2ccccc21. The Morgan fingerprint density at radius 2 is 2.14 bits per heavy atom. The Morgan fingerprint density at radius 1 is 1.38 bits per heavy atom. The zero-order valence-corrected chi connectivity index (χ0v) is 11.9. The second kappa shape index (κ2) is 5.40. The van der Waals surface area contributed by atoms with Gasteiger partial charge < -0.3 is 15.3 Å². The van der Waals surface area contributed by atoms with Crippen molar-refractivity contribution in [2.75, 3.05) is 17.2 Å². The third kappa shape index (κ3) is 2.61. The van der Waals surface area contributed by atoms with Crippen molar-refractivity contribution in [2.45, 2.75) is 18.4 Å². The van der Waals surface area contributed by atoms with Crippen molar-refractivity contribution in [2.24, 2.45) is 0 Å². The average molecular weight is 306 g/mol. The first-order valence-corrected chi connectivity index (χ1v) is 7.60. The highest BCUT2D eigenvalue weighted by Crippen LogP contribution is 2.38. The molecule has 2 N–H and O–H groups in total. The van der Waals surface area contributed by atoms with Crippen LogP contribution in [0.4, 0.5) is 10.5 Å². The van der Waals surface area contributed by atoms with Gasteiger partial charge in [0.25, 0.3) is 5.24 Å². The maximum absolute atomic E-state index is 12.5. The van der Waals surface area contributed by atoms with Gasteiger partial charge in [-0.2, -0.15) is 0 Å². The summed E-state index contributed by atoms with van der Waals surface area (Å²) in [7, 11) is 0. The summed E-state index contributed by atoms with van der Waals surface area (Å²) in [6, 6.07) is 6.81. The zero-order chi connectivity index (χ0) is 15.0. The first-order chi connectivity index (χ1) is 10.1.